The molecule has 1 aromatic carbocycles. The number of aromatic nitrogens is 1. The summed E-state index contributed by atoms with van der Waals surface area (Å²) in [5, 5.41) is 3.78. The molecule has 1 N–H and O–H groups in total. The number of hydrogen-bond acceptors (Lipinski definition) is 2. The number of benzene rings is 1. The van der Waals surface area contributed by atoms with Gasteiger partial charge in [0.15, 0.2) is 0 Å². The Morgan fingerprint density at radius 2 is 2.13 bits per heavy atom. The Morgan fingerprint density at radius 1 is 1.27 bits per heavy atom. The van der Waals surface area contributed by atoms with Crippen molar-refractivity contribution in [2.24, 2.45) is 0 Å². The number of nitrogens with one attached hydrogen (secondary N) is 1. The number of halogens is 1. The van der Waals surface area contributed by atoms with Crippen molar-refractivity contribution in [1.82, 2.24) is 9.88 Å². The Morgan fingerprint density at radius 3 is 3.00 bits per heavy atom. The van der Waals surface area contributed by atoms with Gasteiger partial charge in [0.1, 0.15) is 5.82 Å². The highest BCUT2D eigenvalue weighted by molar-refractivity contribution is 5.95. The van der Waals surface area contributed by atoms with E-state index < -0.39 is 0 Å². The molecule has 0 atom stereocenters. The van der Waals surface area contributed by atoms with Gasteiger partial charge >= 0.3 is 0 Å². The predicted octanol–water partition coefficient (Wildman–Crippen LogP) is 1.52. The van der Waals surface area contributed by atoms with Crippen molar-refractivity contribution in [2.45, 2.75) is 6.54 Å². The minimum Gasteiger partial charge on any atom is -0.303 e. The van der Waals surface area contributed by atoms with Gasteiger partial charge in [-0.3, -0.25) is 9.36 Å². The van der Waals surface area contributed by atoms with Gasteiger partial charge in [-0.2, -0.15) is 0 Å². The van der Waals surface area contributed by atoms with E-state index in [9.17, 15) is 9.18 Å². The number of fused-ring (bicyclic) bond motifs is 3. The van der Waals surface area contributed by atoms with Crippen LogP contribution in [0, 0.1) is 5.82 Å². The molecule has 0 saturated heterocycles. The Labute approximate surface area is 85.5 Å². The SMILES string of the molecule is O=C1CNCc2cc3cc(F)ccc3n21. The lowest BCUT2D eigenvalue weighted by atomic mass is 10.2. The summed E-state index contributed by atoms with van der Waals surface area (Å²) in [6, 6.07) is 6.33. The number of rotatable bonds is 0. The van der Waals surface area contributed by atoms with Crippen molar-refractivity contribution < 1.29 is 9.18 Å². The molecule has 76 valence electrons. The van der Waals surface area contributed by atoms with Crippen LogP contribution in [0.2, 0.25) is 0 Å². The molecule has 3 nitrogen and oxygen atoms in total. The third-order valence-corrected chi connectivity index (χ3v) is 2.67. The van der Waals surface area contributed by atoms with Gasteiger partial charge in [-0.05, 0) is 24.3 Å². The van der Waals surface area contributed by atoms with Crippen LogP contribution < -0.4 is 5.32 Å². The lowest BCUT2D eigenvalue weighted by Crippen LogP contribution is -2.34. The summed E-state index contributed by atoms with van der Waals surface area (Å²) in [7, 11) is 0. The molecule has 1 aromatic heterocycles. The Hall–Kier alpha value is -1.68. The summed E-state index contributed by atoms with van der Waals surface area (Å²) in [4.78, 5) is 11.7. The van der Waals surface area contributed by atoms with Crippen LogP contribution >= 0.6 is 0 Å². The maximum Gasteiger partial charge on any atom is 0.245 e. The highest BCUT2D eigenvalue weighted by atomic mass is 19.1. The second-order valence-corrected chi connectivity index (χ2v) is 3.67. The number of nitrogens with zero attached hydrogens (tertiary/aromatic N) is 1. The Bertz CT molecular complexity index is 559. The number of carbonyl (C=O) groups excluding carboxylic acids is 1. The molecule has 0 fully saturated rings. The van der Waals surface area contributed by atoms with E-state index in [4.69, 9.17) is 0 Å². The van der Waals surface area contributed by atoms with Crippen molar-refractivity contribution in [3.8, 4) is 0 Å². The van der Waals surface area contributed by atoms with E-state index in [1.165, 1.54) is 12.1 Å². The molecule has 1 aliphatic heterocycles. The maximum atomic E-state index is 13.0. The molecule has 0 aliphatic carbocycles. The lowest BCUT2D eigenvalue weighted by molar-refractivity contribution is 0.0900. The summed E-state index contributed by atoms with van der Waals surface area (Å²) in [5.41, 5.74) is 1.68. The Balaban J connectivity index is 2.36. The van der Waals surface area contributed by atoms with Crippen molar-refractivity contribution in [3.05, 3.63) is 35.8 Å². The largest absolute Gasteiger partial charge is 0.303 e. The van der Waals surface area contributed by atoms with Gasteiger partial charge in [0.2, 0.25) is 5.91 Å². The van der Waals surface area contributed by atoms with Gasteiger partial charge in [-0.25, -0.2) is 4.39 Å². The number of carbonyl (C=O) groups is 1. The third-order valence-electron chi connectivity index (χ3n) is 2.67. The first-order valence-electron chi connectivity index (χ1n) is 4.79. The predicted molar refractivity (Wildman–Crippen MR) is 54.2 cm³/mol. The van der Waals surface area contributed by atoms with Crippen molar-refractivity contribution in [1.29, 1.82) is 0 Å². The first-order chi connectivity index (χ1) is 7.25. The van der Waals surface area contributed by atoms with Gasteiger partial charge in [-0.15, -0.1) is 0 Å². The molecule has 0 amide bonds. The van der Waals surface area contributed by atoms with Gasteiger partial charge in [0.25, 0.3) is 0 Å². The molecular weight excluding hydrogens is 195 g/mol. The molecule has 0 radical (unpaired) electrons. The molecule has 0 unspecified atom stereocenters. The van der Waals surface area contributed by atoms with Gasteiger partial charge in [0.05, 0.1) is 12.1 Å². The average molecular weight is 204 g/mol. The first kappa shape index (κ1) is 8.61. The van der Waals surface area contributed by atoms with Gasteiger partial charge < -0.3 is 5.32 Å². The molecule has 15 heavy (non-hydrogen) atoms. The summed E-state index contributed by atoms with van der Waals surface area (Å²) in [5.74, 6) is -0.260. The Kier molecular flexibility index (Phi) is 1.67. The van der Waals surface area contributed by atoms with E-state index in [0.717, 1.165) is 16.6 Å². The van der Waals surface area contributed by atoms with Crippen LogP contribution in [0.25, 0.3) is 10.9 Å². The highest BCUT2D eigenvalue weighted by Crippen LogP contribution is 2.22. The lowest BCUT2D eigenvalue weighted by Gasteiger charge is -2.15. The van der Waals surface area contributed by atoms with Crippen LogP contribution in [0.5, 0.6) is 0 Å². The molecule has 0 spiro atoms. The molecule has 0 saturated carbocycles. The summed E-state index contributed by atoms with van der Waals surface area (Å²) < 4.78 is 14.6. The van der Waals surface area contributed by atoms with Crippen molar-refractivity contribution in [2.75, 3.05) is 6.54 Å². The first-order valence-corrected chi connectivity index (χ1v) is 4.79. The van der Waals surface area contributed by atoms with Gasteiger partial charge in [-0.1, -0.05) is 0 Å². The van der Waals surface area contributed by atoms with Crippen LogP contribution in [0.3, 0.4) is 0 Å². The van der Waals surface area contributed by atoms with Crippen LogP contribution in [-0.2, 0) is 6.54 Å². The number of hydrogen-bond donors (Lipinski definition) is 1. The quantitative estimate of drug-likeness (QED) is 0.706. The highest BCUT2D eigenvalue weighted by Gasteiger charge is 2.18. The van der Waals surface area contributed by atoms with Crippen LogP contribution in [-0.4, -0.2) is 17.0 Å². The van der Waals surface area contributed by atoms with Crippen LogP contribution in [0.4, 0.5) is 4.39 Å². The topological polar surface area (TPSA) is 34.0 Å². The van der Waals surface area contributed by atoms with E-state index in [0.29, 0.717) is 13.1 Å². The fourth-order valence-electron chi connectivity index (χ4n) is 2.04. The third kappa shape index (κ3) is 1.18. The molecule has 1 aliphatic rings. The summed E-state index contributed by atoms with van der Waals surface area (Å²) >= 11 is 0. The van der Waals surface area contributed by atoms with E-state index in [-0.39, 0.29) is 11.7 Å². The zero-order valence-electron chi connectivity index (χ0n) is 7.96. The summed E-state index contributed by atoms with van der Waals surface area (Å²) in [6.07, 6.45) is 0. The van der Waals surface area contributed by atoms with Crippen molar-refractivity contribution >= 4 is 16.8 Å². The fraction of sp³-hybridized carbons (Fsp3) is 0.182. The van der Waals surface area contributed by atoms with Gasteiger partial charge in [0, 0.05) is 17.6 Å². The minimum atomic E-state index is -0.272. The van der Waals surface area contributed by atoms with E-state index >= 15 is 0 Å². The normalized spacial score (nSPS) is 15.7. The van der Waals surface area contributed by atoms with Crippen LogP contribution in [0.15, 0.2) is 24.3 Å². The smallest absolute Gasteiger partial charge is 0.245 e. The maximum absolute atomic E-state index is 13.0. The zero-order valence-corrected chi connectivity index (χ0v) is 7.96. The van der Waals surface area contributed by atoms with Crippen LogP contribution in [0.1, 0.15) is 10.5 Å². The fourth-order valence-corrected chi connectivity index (χ4v) is 2.04. The average Bonchev–Trinajstić information content (AvgIpc) is 2.56. The summed E-state index contributed by atoms with van der Waals surface area (Å²) in [6.45, 7) is 0.996. The van der Waals surface area contributed by atoms with E-state index in [1.54, 1.807) is 10.6 Å². The van der Waals surface area contributed by atoms with Crippen molar-refractivity contribution in [3.63, 3.8) is 0 Å². The van der Waals surface area contributed by atoms with E-state index in [1.807, 2.05) is 6.07 Å². The molecular formula is C11H9FN2O. The minimum absolute atomic E-state index is 0.0119. The molecule has 2 aromatic rings. The molecule has 3 rings (SSSR count). The molecule has 4 heteroatoms. The second kappa shape index (κ2) is 2.90. The molecule has 0 bridgehead atoms. The standard InChI is InChI=1S/C11H9FN2O/c12-8-1-2-10-7(3-8)4-9-5-13-6-11(15)14(9)10/h1-4,13H,5-6H2. The second-order valence-electron chi connectivity index (χ2n) is 3.67. The zero-order chi connectivity index (χ0) is 10.4. The van der Waals surface area contributed by atoms with E-state index in [2.05, 4.69) is 5.32 Å². The monoisotopic (exact) mass is 204 g/mol. The molecule has 2 heterocycles.